The molecular weight excluding hydrogens is 242 g/mol. The van der Waals surface area contributed by atoms with E-state index in [1.54, 1.807) is 0 Å². The molecule has 0 aromatic carbocycles. The molecule has 0 heterocycles. The van der Waals surface area contributed by atoms with E-state index < -0.39 is 11.5 Å². The van der Waals surface area contributed by atoms with Gasteiger partial charge in [-0.3, -0.25) is 4.79 Å². The summed E-state index contributed by atoms with van der Waals surface area (Å²) in [6.07, 6.45) is 6.86. The predicted octanol–water partition coefficient (Wildman–Crippen LogP) is 3.21. The number of carbonyl (C=O) groups is 1. The van der Waals surface area contributed by atoms with Crippen LogP contribution >= 0.6 is 0 Å². The normalized spacial score (nSPS) is 14.3. The molecular formula is C15H31NO3. The summed E-state index contributed by atoms with van der Waals surface area (Å²) in [5.74, 6) is -0.750. The zero-order chi connectivity index (χ0) is 14.6. The molecule has 0 aliphatic rings. The summed E-state index contributed by atoms with van der Waals surface area (Å²) >= 11 is 0. The lowest BCUT2D eigenvalue weighted by Gasteiger charge is -2.29. The van der Waals surface area contributed by atoms with Crippen molar-refractivity contribution in [2.45, 2.75) is 71.3 Å². The number of carboxylic acid groups (broad SMARTS) is 1. The van der Waals surface area contributed by atoms with Crippen molar-refractivity contribution in [3.63, 3.8) is 0 Å². The fourth-order valence-electron chi connectivity index (χ4n) is 2.27. The highest BCUT2D eigenvalue weighted by atomic mass is 16.5. The molecule has 0 aliphatic heterocycles. The lowest BCUT2D eigenvalue weighted by molar-refractivity contribution is -0.145. The van der Waals surface area contributed by atoms with Gasteiger partial charge >= 0.3 is 5.97 Å². The second-order valence-electron chi connectivity index (χ2n) is 5.05. The summed E-state index contributed by atoms with van der Waals surface area (Å²) < 4.78 is 5.56. The van der Waals surface area contributed by atoms with Crippen LogP contribution in [0.25, 0.3) is 0 Å². The van der Waals surface area contributed by atoms with Gasteiger partial charge < -0.3 is 15.2 Å². The van der Waals surface area contributed by atoms with Crippen LogP contribution in [-0.4, -0.2) is 36.4 Å². The van der Waals surface area contributed by atoms with E-state index in [9.17, 15) is 9.90 Å². The van der Waals surface area contributed by atoms with Crippen molar-refractivity contribution < 1.29 is 14.6 Å². The van der Waals surface area contributed by atoms with Gasteiger partial charge in [-0.25, -0.2) is 0 Å². The molecule has 1 unspecified atom stereocenters. The molecule has 0 fully saturated rings. The van der Waals surface area contributed by atoms with Crippen LogP contribution in [0.15, 0.2) is 0 Å². The third kappa shape index (κ3) is 7.53. The number of ether oxygens (including phenoxy) is 1. The fourth-order valence-corrected chi connectivity index (χ4v) is 2.27. The summed E-state index contributed by atoms with van der Waals surface area (Å²) in [6.45, 7) is 8.19. The molecule has 0 amide bonds. The number of aliphatic carboxylic acids is 1. The standard InChI is InChI=1S/C15H31NO3/c1-4-7-8-9-12-19-13-10-11-15(5-2,14(17)18)16-6-3/h16H,4-13H2,1-3H3,(H,17,18). The Morgan fingerprint density at radius 3 is 2.32 bits per heavy atom. The van der Waals surface area contributed by atoms with Crippen LogP contribution in [0.2, 0.25) is 0 Å². The van der Waals surface area contributed by atoms with Crippen LogP contribution in [-0.2, 0) is 9.53 Å². The first kappa shape index (κ1) is 18.4. The molecule has 19 heavy (non-hydrogen) atoms. The molecule has 0 aromatic rings. The minimum atomic E-state index is -0.777. The Morgan fingerprint density at radius 1 is 1.11 bits per heavy atom. The summed E-state index contributed by atoms with van der Waals surface area (Å²) in [5.41, 5.74) is -0.777. The Hall–Kier alpha value is -0.610. The van der Waals surface area contributed by atoms with Gasteiger partial charge in [0.05, 0.1) is 0 Å². The van der Waals surface area contributed by atoms with Gasteiger partial charge in [0.15, 0.2) is 0 Å². The van der Waals surface area contributed by atoms with Crippen molar-refractivity contribution >= 4 is 5.97 Å². The zero-order valence-electron chi connectivity index (χ0n) is 12.8. The second kappa shape index (κ2) is 11.2. The summed E-state index contributed by atoms with van der Waals surface area (Å²) in [4.78, 5) is 11.4. The van der Waals surface area contributed by atoms with Gasteiger partial charge in [0, 0.05) is 13.2 Å². The van der Waals surface area contributed by atoms with Crippen molar-refractivity contribution in [3.05, 3.63) is 0 Å². The average Bonchev–Trinajstić information content (AvgIpc) is 2.40. The lowest BCUT2D eigenvalue weighted by atomic mass is 9.90. The Morgan fingerprint density at radius 2 is 1.79 bits per heavy atom. The molecule has 0 rings (SSSR count). The maximum Gasteiger partial charge on any atom is 0.323 e. The van der Waals surface area contributed by atoms with E-state index in [0.29, 0.717) is 26.0 Å². The summed E-state index contributed by atoms with van der Waals surface area (Å²) in [7, 11) is 0. The molecule has 0 aliphatic carbocycles. The number of hydrogen-bond donors (Lipinski definition) is 2. The van der Waals surface area contributed by atoms with Crippen molar-refractivity contribution in [3.8, 4) is 0 Å². The number of hydrogen-bond acceptors (Lipinski definition) is 3. The van der Waals surface area contributed by atoms with E-state index in [2.05, 4.69) is 12.2 Å². The molecule has 0 spiro atoms. The van der Waals surface area contributed by atoms with Gasteiger partial charge in [-0.2, -0.15) is 0 Å². The highest BCUT2D eigenvalue weighted by Gasteiger charge is 2.34. The summed E-state index contributed by atoms with van der Waals surface area (Å²) in [6, 6.07) is 0. The Kier molecular flexibility index (Phi) is 10.9. The quantitative estimate of drug-likeness (QED) is 0.506. The molecule has 0 radical (unpaired) electrons. The van der Waals surface area contributed by atoms with Crippen molar-refractivity contribution in [2.24, 2.45) is 0 Å². The minimum Gasteiger partial charge on any atom is -0.480 e. The van der Waals surface area contributed by atoms with Crippen LogP contribution in [0.3, 0.4) is 0 Å². The third-order valence-electron chi connectivity index (χ3n) is 3.56. The maximum absolute atomic E-state index is 11.4. The van der Waals surface area contributed by atoms with Gasteiger partial charge in [0.1, 0.15) is 5.54 Å². The van der Waals surface area contributed by atoms with E-state index in [1.165, 1.54) is 19.3 Å². The monoisotopic (exact) mass is 273 g/mol. The lowest BCUT2D eigenvalue weighted by Crippen LogP contribution is -2.51. The highest BCUT2D eigenvalue weighted by Crippen LogP contribution is 2.18. The Bertz CT molecular complexity index is 233. The zero-order valence-corrected chi connectivity index (χ0v) is 12.8. The van der Waals surface area contributed by atoms with Crippen LogP contribution < -0.4 is 5.32 Å². The molecule has 4 nitrogen and oxygen atoms in total. The molecule has 4 heteroatoms. The van der Waals surface area contributed by atoms with E-state index in [0.717, 1.165) is 19.4 Å². The van der Waals surface area contributed by atoms with E-state index >= 15 is 0 Å². The first-order valence-electron chi connectivity index (χ1n) is 7.69. The topological polar surface area (TPSA) is 58.6 Å². The largest absolute Gasteiger partial charge is 0.480 e. The number of nitrogens with one attached hydrogen (secondary N) is 1. The fraction of sp³-hybridized carbons (Fsp3) is 0.933. The molecule has 2 N–H and O–H groups in total. The van der Waals surface area contributed by atoms with Gasteiger partial charge in [0.2, 0.25) is 0 Å². The molecule has 0 aromatic heterocycles. The molecule has 114 valence electrons. The first-order chi connectivity index (χ1) is 9.13. The minimum absolute atomic E-state index is 0.604. The van der Waals surface area contributed by atoms with Gasteiger partial charge in [-0.15, -0.1) is 0 Å². The van der Waals surface area contributed by atoms with E-state index in [4.69, 9.17) is 4.74 Å². The molecule has 1 atom stereocenters. The first-order valence-corrected chi connectivity index (χ1v) is 7.69. The SMILES string of the molecule is CCCCCCOCCCC(CC)(NCC)C(=O)O. The average molecular weight is 273 g/mol. The number of rotatable bonds is 13. The van der Waals surface area contributed by atoms with Crippen molar-refractivity contribution in [1.29, 1.82) is 0 Å². The highest BCUT2D eigenvalue weighted by molar-refractivity contribution is 5.78. The maximum atomic E-state index is 11.4. The van der Waals surface area contributed by atoms with E-state index in [1.807, 2.05) is 13.8 Å². The number of unbranched alkanes of at least 4 members (excludes halogenated alkanes) is 3. The second-order valence-corrected chi connectivity index (χ2v) is 5.05. The smallest absolute Gasteiger partial charge is 0.323 e. The summed E-state index contributed by atoms with van der Waals surface area (Å²) in [5, 5.41) is 12.5. The van der Waals surface area contributed by atoms with Crippen LogP contribution in [0.1, 0.15) is 65.7 Å². The van der Waals surface area contributed by atoms with Gasteiger partial charge in [0.25, 0.3) is 0 Å². The van der Waals surface area contributed by atoms with Crippen LogP contribution in [0.5, 0.6) is 0 Å². The van der Waals surface area contributed by atoms with Crippen LogP contribution in [0, 0.1) is 0 Å². The predicted molar refractivity (Wildman–Crippen MR) is 78.5 cm³/mol. The number of likely N-dealkylation sites (N-methyl/N-ethyl adjacent to an activating group) is 1. The van der Waals surface area contributed by atoms with Crippen LogP contribution in [0.4, 0.5) is 0 Å². The van der Waals surface area contributed by atoms with Gasteiger partial charge in [-0.1, -0.05) is 40.0 Å². The Balaban J connectivity index is 3.78. The van der Waals surface area contributed by atoms with Crippen molar-refractivity contribution in [1.82, 2.24) is 5.32 Å². The molecule has 0 saturated carbocycles. The Labute approximate surface area is 117 Å². The van der Waals surface area contributed by atoms with E-state index in [-0.39, 0.29) is 0 Å². The molecule has 0 saturated heterocycles. The molecule has 0 bridgehead atoms. The number of carboxylic acids is 1. The van der Waals surface area contributed by atoms with Gasteiger partial charge in [-0.05, 0) is 32.2 Å². The van der Waals surface area contributed by atoms with Crippen molar-refractivity contribution in [2.75, 3.05) is 19.8 Å². The third-order valence-corrected chi connectivity index (χ3v) is 3.56.